The van der Waals surface area contributed by atoms with E-state index in [0.717, 1.165) is 0 Å². The van der Waals surface area contributed by atoms with Gasteiger partial charge in [0.25, 0.3) is 0 Å². The van der Waals surface area contributed by atoms with E-state index in [9.17, 15) is 16.8 Å². The molecule has 7 nitrogen and oxygen atoms in total. The maximum absolute atomic E-state index is 12.9. The number of piperidine rings is 1. The van der Waals surface area contributed by atoms with Gasteiger partial charge in [-0.05, 0) is 55.7 Å². The van der Waals surface area contributed by atoms with Gasteiger partial charge in [-0.2, -0.15) is 0 Å². The van der Waals surface area contributed by atoms with Crippen molar-refractivity contribution in [3.8, 4) is 11.5 Å². The summed E-state index contributed by atoms with van der Waals surface area (Å²) in [4.78, 5) is 0.239. The maximum Gasteiger partial charge on any atom is 0.214 e. The third kappa shape index (κ3) is 5.53. The lowest BCUT2D eigenvalue weighted by atomic mass is 10.2. The third-order valence-electron chi connectivity index (χ3n) is 5.18. The molecule has 0 radical (unpaired) electrons. The minimum atomic E-state index is -3.50. The first-order chi connectivity index (χ1) is 14.3. The fourth-order valence-corrected chi connectivity index (χ4v) is 6.70. The molecule has 0 amide bonds. The van der Waals surface area contributed by atoms with Crippen LogP contribution in [0.3, 0.4) is 0 Å². The van der Waals surface area contributed by atoms with Crippen LogP contribution < -0.4 is 9.47 Å². The van der Waals surface area contributed by atoms with Crippen molar-refractivity contribution in [1.29, 1.82) is 0 Å². The molecule has 1 aliphatic rings. The highest BCUT2D eigenvalue weighted by Gasteiger charge is 2.34. The van der Waals surface area contributed by atoms with Crippen LogP contribution in [0.1, 0.15) is 19.3 Å². The number of benzene rings is 2. The zero-order chi connectivity index (χ0) is 21.6. The summed E-state index contributed by atoms with van der Waals surface area (Å²) in [5.41, 5.74) is 0. The molecule has 1 saturated heterocycles. The van der Waals surface area contributed by atoms with E-state index in [-0.39, 0.29) is 36.6 Å². The van der Waals surface area contributed by atoms with Gasteiger partial charge in [0.05, 0.1) is 29.6 Å². The largest absolute Gasteiger partial charge is 0.497 e. The molecule has 0 unspecified atom stereocenters. The number of rotatable bonds is 9. The molecule has 1 heterocycles. The van der Waals surface area contributed by atoms with Crippen LogP contribution in [-0.4, -0.2) is 58.9 Å². The lowest BCUT2D eigenvalue weighted by Gasteiger charge is -2.31. The Balaban J connectivity index is 1.50. The number of hydrogen-bond donors (Lipinski definition) is 0. The molecule has 30 heavy (non-hydrogen) atoms. The molecule has 9 heteroatoms. The van der Waals surface area contributed by atoms with Crippen molar-refractivity contribution in [3.05, 3.63) is 54.6 Å². The van der Waals surface area contributed by atoms with Crippen molar-refractivity contribution in [2.45, 2.75) is 29.4 Å². The van der Waals surface area contributed by atoms with Crippen molar-refractivity contribution in [2.24, 2.45) is 0 Å². The van der Waals surface area contributed by atoms with E-state index >= 15 is 0 Å². The van der Waals surface area contributed by atoms with Gasteiger partial charge in [0, 0.05) is 13.1 Å². The number of sulfonamides is 1. The molecule has 0 aromatic heterocycles. The van der Waals surface area contributed by atoms with Crippen LogP contribution in [0, 0.1) is 0 Å². The number of ether oxygens (including phenoxy) is 2. The Labute approximate surface area is 178 Å². The van der Waals surface area contributed by atoms with Crippen LogP contribution in [0.15, 0.2) is 59.5 Å². The minimum Gasteiger partial charge on any atom is -0.497 e. The smallest absolute Gasteiger partial charge is 0.214 e. The second-order valence-electron chi connectivity index (χ2n) is 7.15. The summed E-state index contributed by atoms with van der Waals surface area (Å²) >= 11 is 0. The summed E-state index contributed by atoms with van der Waals surface area (Å²) in [6.07, 6.45) is 0.948. The molecular weight excluding hydrogens is 426 g/mol. The summed E-state index contributed by atoms with van der Waals surface area (Å²) in [5.74, 6) is 1.28. The average Bonchev–Trinajstić information content (AvgIpc) is 2.77. The zero-order valence-corrected chi connectivity index (χ0v) is 18.6. The highest BCUT2D eigenvalue weighted by Crippen LogP contribution is 2.27. The zero-order valence-electron chi connectivity index (χ0n) is 16.9. The quantitative estimate of drug-likeness (QED) is 0.543. The van der Waals surface area contributed by atoms with Gasteiger partial charge in [-0.1, -0.05) is 18.2 Å². The monoisotopic (exact) mass is 453 g/mol. The molecule has 164 valence electrons. The molecule has 0 N–H and O–H groups in total. The molecular formula is C21H27NO6S2. The summed E-state index contributed by atoms with van der Waals surface area (Å²) in [7, 11) is -5.42. The molecule has 0 saturated carbocycles. The van der Waals surface area contributed by atoms with Gasteiger partial charge in [-0.15, -0.1) is 0 Å². The number of nitrogens with zero attached hydrogens (tertiary/aromatic N) is 1. The van der Waals surface area contributed by atoms with E-state index in [1.165, 1.54) is 23.5 Å². The standard InChI is InChI=1S/C21H27NO6S2/c1-27-18-8-10-20(11-9-18)30(25,26)21-12-14-22(15-13-21)29(23,24)17-5-16-28-19-6-3-2-4-7-19/h2-4,6-11,21H,5,12-17H2,1H3. The van der Waals surface area contributed by atoms with Crippen molar-refractivity contribution >= 4 is 19.9 Å². The second kappa shape index (κ2) is 9.80. The van der Waals surface area contributed by atoms with E-state index in [2.05, 4.69) is 0 Å². The van der Waals surface area contributed by atoms with E-state index in [1.54, 1.807) is 12.1 Å². The van der Waals surface area contributed by atoms with E-state index in [1.807, 2.05) is 30.3 Å². The van der Waals surface area contributed by atoms with Crippen molar-refractivity contribution in [2.75, 3.05) is 32.6 Å². The summed E-state index contributed by atoms with van der Waals surface area (Å²) in [6.45, 7) is 0.732. The van der Waals surface area contributed by atoms with E-state index in [0.29, 0.717) is 24.5 Å². The second-order valence-corrected chi connectivity index (χ2v) is 11.5. The van der Waals surface area contributed by atoms with Gasteiger partial charge < -0.3 is 9.47 Å². The highest BCUT2D eigenvalue weighted by atomic mass is 32.2. The van der Waals surface area contributed by atoms with Gasteiger partial charge in [-0.3, -0.25) is 0 Å². The fourth-order valence-electron chi connectivity index (χ4n) is 3.46. The number of para-hydroxylation sites is 1. The SMILES string of the molecule is COc1ccc(S(=O)(=O)C2CCN(S(=O)(=O)CCCOc3ccccc3)CC2)cc1. The van der Waals surface area contributed by atoms with Crippen LogP contribution in [-0.2, 0) is 19.9 Å². The molecule has 1 aliphatic heterocycles. The summed E-state index contributed by atoms with van der Waals surface area (Å²) in [6, 6.07) is 15.5. The number of hydrogen-bond acceptors (Lipinski definition) is 6. The van der Waals surface area contributed by atoms with E-state index in [4.69, 9.17) is 9.47 Å². The first-order valence-corrected chi connectivity index (χ1v) is 13.0. The van der Waals surface area contributed by atoms with Gasteiger partial charge in [0.1, 0.15) is 11.5 Å². The van der Waals surface area contributed by atoms with Crippen LogP contribution in [0.4, 0.5) is 0 Å². The maximum atomic E-state index is 12.9. The first-order valence-electron chi connectivity index (χ1n) is 9.86. The molecule has 2 aromatic rings. The summed E-state index contributed by atoms with van der Waals surface area (Å²) < 4.78 is 62.9. The molecule has 3 rings (SSSR count). The average molecular weight is 454 g/mol. The molecule has 0 spiro atoms. The van der Waals surface area contributed by atoms with Gasteiger partial charge >= 0.3 is 0 Å². The van der Waals surface area contributed by atoms with Crippen LogP contribution in [0.5, 0.6) is 11.5 Å². The van der Waals surface area contributed by atoms with Crippen molar-refractivity contribution < 1.29 is 26.3 Å². The predicted octanol–water partition coefficient (Wildman–Crippen LogP) is 2.73. The predicted molar refractivity (Wildman–Crippen MR) is 115 cm³/mol. The molecule has 0 atom stereocenters. The fraction of sp³-hybridized carbons (Fsp3) is 0.429. The van der Waals surface area contributed by atoms with Crippen LogP contribution >= 0.6 is 0 Å². The third-order valence-corrected chi connectivity index (χ3v) is 9.41. The normalized spacial score (nSPS) is 16.3. The minimum absolute atomic E-state index is 0.0181. The molecule has 0 bridgehead atoms. The Kier molecular flexibility index (Phi) is 7.38. The number of sulfone groups is 1. The highest BCUT2D eigenvalue weighted by molar-refractivity contribution is 7.92. The lowest BCUT2D eigenvalue weighted by molar-refractivity contribution is 0.312. The van der Waals surface area contributed by atoms with Gasteiger partial charge in [0.2, 0.25) is 10.0 Å². The van der Waals surface area contributed by atoms with Crippen LogP contribution in [0.25, 0.3) is 0 Å². The van der Waals surface area contributed by atoms with Gasteiger partial charge in [0.15, 0.2) is 9.84 Å². The van der Waals surface area contributed by atoms with Gasteiger partial charge in [-0.25, -0.2) is 21.1 Å². The number of methoxy groups -OCH3 is 1. The molecule has 2 aromatic carbocycles. The first kappa shape index (κ1) is 22.6. The molecule has 1 fully saturated rings. The van der Waals surface area contributed by atoms with Crippen molar-refractivity contribution in [3.63, 3.8) is 0 Å². The topological polar surface area (TPSA) is 90.0 Å². The Morgan fingerprint density at radius 1 is 0.900 bits per heavy atom. The van der Waals surface area contributed by atoms with Crippen LogP contribution in [0.2, 0.25) is 0 Å². The Hall–Kier alpha value is -2.10. The Bertz CT molecular complexity index is 1010. The van der Waals surface area contributed by atoms with E-state index < -0.39 is 25.1 Å². The Morgan fingerprint density at radius 2 is 1.53 bits per heavy atom. The van der Waals surface area contributed by atoms with Crippen molar-refractivity contribution in [1.82, 2.24) is 4.31 Å². The molecule has 0 aliphatic carbocycles. The summed E-state index contributed by atoms with van der Waals surface area (Å²) in [5, 5.41) is -0.584. The Morgan fingerprint density at radius 3 is 2.13 bits per heavy atom. The lowest BCUT2D eigenvalue weighted by Crippen LogP contribution is -2.43.